The summed E-state index contributed by atoms with van der Waals surface area (Å²) in [7, 11) is 1.58. The fraction of sp³-hybridized carbons (Fsp3) is 0.176. The van der Waals surface area contributed by atoms with Gasteiger partial charge in [0.25, 0.3) is 5.69 Å². The van der Waals surface area contributed by atoms with Gasteiger partial charge in [0, 0.05) is 17.7 Å². The van der Waals surface area contributed by atoms with Crippen LogP contribution in [-0.2, 0) is 0 Å². The van der Waals surface area contributed by atoms with Crippen LogP contribution in [0.25, 0.3) is 10.2 Å². The highest BCUT2D eigenvalue weighted by atomic mass is 32.2. The third kappa shape index (κ3) is 3.80. The van der Waals surface area contributed by atoms with Crippen molar-refractivity contribution in [2.45, 2.75) is 16.5 Å². The Kier molecular flexibility index (Phi) is 5.00. The number of carbonyl (C=O) groups is 1. The summed E-state index contributed by atoms with van der Waals surface area (Å²) in [5.74, 6) is 0.697. The number of nitro groups is 1. The number of hydrogen-bond acceptors (Lipinski definition) is 7. The number of methoxy groups -OCH3 is 1. The normalized spacial score (nSPS) is 12.1. The number of ether oxygens (including phenoxy) is 1. The maximum atomic E-state index is 12.5. The standard InChI is InChI=1S/C17H14N2O4S2/c1-10(16(20)11-3-6-13(23-2)7-4-11)24-17-18-14-8-5-12(19(21)22)9-15(14)25-17/h3-10H,1-2H3/t10-/m0/s1. The lowest BCUT2D eigenvalue weighted by atomic mass is 10.1. The molecule has 0 aliphatic carbocycles. The van der Waals surface area contributed by atoms with Gasteiger partial charge in [0.1, 0.15) is 5.75 Å². The summed E-state index contributed by atoms with van der Waals surface area (Å²) >= 11 is 2.70. The van der Waals surface area contributed by atoms with Crippen molar-refractivity contribution in [3.63, 3.8) is 0 Å². The highest BCUT2D eigenvalue weighted by molar-refractivity contribution is 8.02. The molecule has 0 aliphatic rings. The van der Waals surface area contributed by atoms with Gasteiger partial charge in [0.05, 0.1) is 27.5 Å². The van der Waals surface area contributed by atoms with Gasteiger partial charge in [-0.05, 0) is 37.3 Å². The zero-order valence-electron chi connectivity index (χ0n) is 13.5. The first-order valence-electron chi connectivity index (χ1n) is 7.38. The fourth-order valence-electron chi connectivity index (χ4n) is 2.25. The molecule has 0 aliphatic heterocycles. The van der Waals surface area contributed by atoms with Gasteiger partial charge >= 0.3 is 0 Å². The van der Waals surface area contributed by atoms with E-state index in [1.54, 1.807) is 37.4 Å². The Bertz CT molecular complexity index is 937. The molecule has 0 N–H and O–H groups in total. The van der Waals surface area contributed by atoms with Gasteiger partial charge in [-0.15, -0.1) is 11.3 Å². The van der Waals surface area contributed by atoms with Crippen molar-refractivity contribution in [2.75, 3.05) is 7.11 Å². The largest absolute Gasteiger partial charge is 0.497 e. The van der Waals surface area contributed by atoms with Crippen LogP contribution in [0.2, 0.25) is 0 Å². The highest BCUT2D eigenvalue weighted by Crippen LogP contribution is 2.34. The molecule has 25 heavy (non-hydrogen) atoms. The number of thioether (sulfide) groups is 1. The van der Waals surface area contributed by atoms with E-state index < -0.39 is 4.92 Å². The summed E-state index contributed by atoms with van der Waals surface area (Å²) < 4.78 is 6.54. The number of thiazole rings is 1. The third-order valence-electron chi connectivity index (χ3n) is 3.58. The number of nitrogens with zero attached hydrogens (tertiary/aromatic N) is 2. The summed E-state index contributed by atoms with van der Waals surface area (Å²) in [5.41, 5.74) is 1.34. The van der Waals surface area contributed by atoms with Crippen LogP contribution in [0.5, 0.6) is 5.75 Å². The van der Waals surface area contributed by atoms with Gasteiger partial charge in [0.2, 0.25) is 0 Å². The Hall–Kier alpha value is -2.45. The Labute approximate surface area is 152 Å². The predicted molar refractivity (Wildman–Crippen MR) is 98.9 cm³/mol. The van der Waals surface area contributed by atoms with Crippen molar-refractivity contribution in [1.82, 2.24) is 4.98 Å². The zero-order valence-corrected chi connectivity index (χ0v) is 15.1. The maximum absolute atomic E-state index is 12.5. The highest BCUT2D eigenvalue weighted by Gasteiger charge is 2.19. The molecule has 128 valence electrons. The molecule has 0 saturated heterocycles. The number of benzene rings is 2. The molecule has 1 heterocycles. The van der Waals surface area contributed by atoms with Crippen molar-refractivity contribution in [3.8, 4) is 5.75 Å². The van der Waals surface area contributed by atoms with Crippen LogP contribution < -0.4 is 4.74 Å². The second-order valence-electron chi connectivity index (χ2n) is 5.24. The lowest BCUT2D eigenvalue weighted by Gasteiger charge is -2.08. The lowest BCUT2D eigenvalue weighted by Crippen LogP contribution is -2.13. The number of Topliss-reactive ketones (excluding diaryl/α,β-unsaturated/α-hetero) is 1. The Morgan fingerprint density at radius 1 is 1.28 bits per heavy atom. The number of rotatable bonds is 6. The maximum Gasteiger partial charge on any atom is 0.270 e. The summed E-state index contributed by atoms with van der Waals surface area (Å²) in [5, 5.41) is 10.5. The van der Waals surface area contributed by atoms with Crippen molar-refractivity contribution < 1.29 is 14.5 Å². The zero-order chi connectivity index (χ0) is 18.0. The molecule has 0 fully saturated rings. The molecule has 6 nitrogen and oxygen atoms in total. The lowest BCUT2D eigenvalue weighted by molar-refractivity contribution is -0.384. The summed E-state index contributed by atoms with van der Waals surface area (Å²) in [6, 6.07) is 11.5. The minimum Gasteiger partial charge on any atom is -0.497 e. The summed E-state index contributed by atoms with van der Waals surface area (Å²) in [6.07, 6.45) is 0. The van der Waals surface area contributed by atoms with E-state index in [9.17, 15) is 14.9 Å². The number of non-ortho nitro benzene ring substituents is 1. The number of carbonyl (C=O) groups excluding carboxylic acids is 1. The predicted octanol–water partition coefficient (Wildman–Crippen LogP) is 4.58. The second-order valence-corrected chi connectivity index (χ2v) is 7.86. The van der Waals surface area contributed by atoms with E-state index in [0.29, 0.717) is 21.2 Å². The van der Waals surface area contributed by atoms with Crippen LogP contribution in [0, 0.1) is 10.1 Å². The van der Waals surface area contributed by atoms with Crippen molar-refractivity contribution in [1.29, 1.82) is 0 Å². The SMILES string of the molecule is COc1ccc(C(=O)[C@H](C)Sc2nc3ccc([N+](=O)[O-])cc3s2)cc1. The van der Waals surface area contributed by atoms with Crippen molar-refractivity contribution in [2.24, 2.45) is 0 Å². The summed E-state index contributed by atoms with van der Waals surface area (Å²) in [4.78, 5) is 27.4. The molecule has 0 radical (unpaired) electrons. The second kappa shape index (κ2) is 7.20. The molecule has 1 aromatic heterocycles. The molecule has 0 spiro atoms. The molecule has 3 aromatic rings. The monoisotopic (exact) mass is 374 g/mol. The molecule has 2 aromatic carbocycles. The molecule has 0 bridgehead atoms. The first-order valence-corrected chi connectivity index (χ1v) is 9.07. The van der Waals surface area contributed by atoms with Crippen molar-refractivity contribution in [3.05, 3.63) is 58.1 Å². The van der Waals surface area contributed by atoms with Crippen molar-refractivity contribution >= 4 is 44.8 Å². The molecule has 0 unspecified atom stereocenters. The van der Waals surface area contributed by atoms with Gasteiger partial charge in [-0.1, -0.05) is 11.8 Å². The van der Waals surface area contributed by atoms with Gasteiger partial charge in [0.15, 0.2) is 10.1 Å². The van der Waals surface area contributed by atoms with Gasteiger partial charge in [-0.25, -0.2) is 4.98 Å². The van der Waals surface area contributed by atoms with E-state index in [1.165, 1.54) is 35.2 Å². The van der Waals surface area contributed by atoms with E-state index in [0.717, 1.165) is 4.70 Å². The van der Waals surface area contributed by atoms with Crippen LogP contribution in [-0.4, -0.2) is 28.1 Å². The van der Waals surface area contributed by atoms with Crippen LogP contribution in [0.15, 0.2) is 46.8 Å². The van der Waals surface area contributed by atoms with Gasteiger partial charge < -0.3 is 4.74 Å². The van der Waals surface area contributed by atoms with Crippen LogP contribution in [0.4, 0.5) is 5.69 Å². The molecule has 0 saturated carbocycles. The number of fused-ring (bicyclic) bond motifs is 1. The molecule has 0 amide bonds. The Morgan fingerprint density at radius 2 is 2.00 bits per heavy atom. The minimum absolute atomic E-state index is 0.00195. The van der Waals surface area contributed by atoms with E-state index >= 15 is 0 Å². The van der Waals surface area contributed by atoms with Gasteiger partial charge in [-0.3, -0.25) is 14.9 Å². The van der Waals surface area contributed by atoms with E-state index in [2.05, 4.69) is 4.98 Å². The molecule has 8 heteroatoms. The quantitative estimate of drug-likeness (QED) is 0.272. The number of nitro benzene ring substituents is 1. The molecule has 1 atom stereocenters. The minimum atomic E-state index is -0.429. The molecular formula is C17H14N2O4S2. The van der Waals surface area contributed by atoms with E-state index in [4.69, 9.17) is 4.74 Å². The van der Waals surface area contributed by atoms with Gasteiger partial charge in [-0.2, -0.15) is 0 Å². The number of aromatic nitrogens is 1. The Balaban J connectivity index is 1.77. The average Bonchev–Trinajstić information content (AvgIpc) is 3.02. The topological polar surface area (TPSA) is 82.3 Å². The van der Waals surface area contributed by atoms with E-state index in [-0.39, 0.29) is 16.7 Å². The first-order chi connectivity index (χ1) is 12.0. The Morgan fingerprint density at radius 3 is 2.64 bits per heavy atom. The molecular weight excluding hydrogens is 360 g/mol. The molecule has 3 rings (SSSR count). The van der Waals surface area contributed by atoms with Crippen LogP contribution >= 0.6 is 23.1 Å². The smallest absolute Gasteiger partial charge is 0.270 e. The number of ketones is 1. The van der Waals surface area contributed by atoms with E-state index in [1.807, 2.05) is 6.92 Å². The number of hydrogen-bond donors (Lipinski definition) is 0. The fourth-order valence-corrected chi connectivity index (χ4v) is 4.57. The van der Waals surface area contributed by atoms with Crippen LogP contribution in [0.3, 0.4) is 0 Å². The average molecular weight is 374 g/mol. The summed E-state index contributed by atoms with van der Waals surface area (Å²) in [6.45, 7) is 1.83. The first kappa shape index (κ1) is 17.4. The van der Waals surface area contributed by atoms with Crippen LogP contribution in [0.1, 0.15) is 17.3 Å². The third-order valence-corrected chi connectivity index (χ3v) is 5.80.